The van der Waals surface area contributed by atoms with Crippen molar-refractivity contribution in [1.29, 1.82) is 0 Å². The van der Waals surface area contributed by atoms with Gasteiger partial charge in [-0.1, -0.05) is 35.5 Å². The first-order valence-corrected chi connectivity index (χ1v) is 11.1. The zero-order valence-electron chi connectivity index (χ0n) is 18.7. The lowest BCUT2D eigenvalue weighted by molar-refractivity contribution is -0.384. The smallest absolute Gasteiger partial charge is 0.272 e. The molecule has 0 fully saturated rings. The van der Waals surface area contributed by atoms with Crippen molar-refractivity contribution in [2.24, 2.45) is 0 Å². The predicted octanol–water partition coefficient (Wildman–Crippen LogP) is 2.82. The third-order valence-electron chi connectivity index (χ3n) is 5.26. The van der Waals surface area contributed by atoms with E-state index < -0.39 is 4.92 Å². The zero-order chi connectivity index (χ0) is 24.6. The first kappa shape index (κ1) is 23.5. The maximum atomic E-state index is 12.1. The quantitative estimate of drug-likeness (QED) is 0.167. The van der Waals surface area contributed by atoms with Crippen molar-refractivity contribution in [2.45, 2.75) is 25.7 Å². The van der Waals surface area contributed by atoms with E-state index in [1.54, 1.807) is 24.3 Å². The standard InChI is InChI=1S/C23H23N7O5/c31-19(10-11-20-26-21(29-35-20)15-6-5-7-16(14-15)30(33)34)24-12-3-4-13-25-22-17-8-1-2-9-18(17)23(32)28-27-22/h1-2,5-9,14H,3-4,10-13H2,(H,24,31)(H,25,27)(H,28,32). The number of aromatic amines is 1. The molecule has 12 heteroatoms. The fourth-order valence-corrected chi connectivity index (χ4v) is 3.48. The summed E-state index contributed by atoms with van der Waals surface area (Å²) in [7, 11) is 0. The monoisotopic (exact) mass is 477 g/mol. The molecule has 4 rings (SSSR count). The van der Waals surface area contributed by atoms with E-state index in [1.165, 1.54) is 12.1 Å². The molecular weight excluding hydrogens is 454 g/mol. The second kappa shape index (κ2) is 11.0. The number of aromatic nitrogens is 4. The summed E-state index contributed by atoms with van der Waals surface area (Å²) >= 11 is 0. The number of nitro benzene ring substituents is 1. The molecule has 4 aromatic rings. The van der Waals surface area contributed by atoms with Gasteiger partial charge in [-0.15, -0.1) is 0 Å². The molecule has 0 saturated heterocycles. The van der Waals surface area contributed by atoms with Crippen LogP contribution in [0.4, 0.5) is 11.5 Å². The first-order chi connectivity index (χ1) is 17.0. The Bertz CT molecular complexity index is 1400. The lowest BCUT2D eigenvalue weighted by Gasteiger charge is -2.08. The summed E-state index contributed by atoms with van der Waals surface area (Å²) in [5.41, 5.74) is 0.179. The molecule has 180 valence electrons. The van der Waals surface area contributed by atoms with Crippen molar-refractivity contribution in [3.05, 3.63) is 74.9 Å². The number of carbonyl (C=O) groups is 1. The average molecular weight is 477 g/mol. The van der Waals surface area contributed by atoms with E-state index >= 15 is 0 Å². The highest BCUT2D eigenvalue weighted by atomic mass is 16.6. The minimum absolute atomic E-state index is 0.0632. The zero-order valence-corrected chi connectivity index (χ0v) is 18.7. The van der Waals surface area contributed by atoms with Gasteiger partial charge in [-0.3, -0.25) is 19.7 Å². The summed E-state index contributed by atoms with van der Waals surface area (Å²) in [6.45, 7) is 1.16. The van der Waals surface area contributed by atoms with Crippen molar-refractivity contribution in [3.8, 4) is 11.4 Å². The molecule has 1 amide bonds. The molecule has 0 aliphatic carbocycles. The van der Waals surface area contributed by atoms with E-state index in [1.807, 2.05) is 12.1 Å². The summed E-state index contributed by atoms with van der Waals surface area (Å²) in [6, 6.07) is 13.2. The molecule has 0 spiro atoms. The van der Waals surface area contributed by atoms with Crippen LogP contribution in [0.5, 0.6) is 0 Å². The molecule has 0 radical (unpaired) electrons. The van der Waals surface area contributed by atoms with Crippen LogP contribution in [0.25, 0.3) is 22.2 Å². The highest BCUT2D eigenvalue weighted by molar-refractivity contribution is 5.90. The topological polar surface area (TPSA) is 169 Å². The van der Waals surface area contributed by atoms with E-state index in [0.29, 0.717) is 29.9 Å². The molecule has 12 nitrogen and oxygen atoms in total. The number of nitrogens with zero attached hydrogens (tertiary/aromatic N) is 4. The highest BCUT2D eigenvalue weighted by Gasteiger charge is 2.13. The Morgan fingerprint density at radius 1 is 1.09 bits per heavy atom. The Kier molecular flexibility index (Phi) is 7.40. The summed E-state index contributed by atoms with van der Waals surface area (Å²) in [4.78, 5) is 38.6. The van der Waals surface area contributed by atoms with E-state index in [0.717, 1.165) is 18.2 Å². The van der Waals surface area contributed by atoms with E-state index in [4.69, 9.17) is 4.52 Å². The molecule has 0 aliphatic rings. The Labute approximate surface area is 198 Å². The third-order valence-corrected chi connectivity index (χ3v) is 5.26. The summed E-state index contributed by atoms with van der Waals surface area (Å²) in [6.07, 6.45) is 2.01. The van der Waals surface area contributed by atoms with Crippen LogP contribution in [0.3, 0.4) is 0 Å². The minimum Gasteiger partial charge on any atom is -0.368 e. The van der Waals surface area contributed by atoms with Gasteiger partial charge < -0.3 is 15.2 Å². The summed E-state index contributed by atoms with van der Waals surface area (Å²) in [5, 5.41) is 28.7. The van der Waals surface area contributed by atoms with Crippen LogP contribution in [0.1, 0.15) is 25.2 Å². The number of amides is 1. The fraction of sp³-hybridized carbons (Fsp3) is 0.261. The van der Waals surface area contributed by atoms with E-state index in [9.17, 15) is 19.7 Å². The van der Waals surface area contributed by atoms with Crippen LogP contribution >= 0.6 is 0 Å². The number of nitrogens with one attached hydrogen (secondary N) is 3. The Hall–Kier alpha value is -4.61. The lowest BCUT2D eigenvalue weighted by Crippen LogP contribution is -2.25. The van der Waals surface area contributed by atoms with Gasteiger partial charge in [0.25, 0.3) is 11.2 Å². The molecule has 0 unspecified atom stereocenters. The molecule has 0 saturated carbocycles. The number of H-pyrrole nitrogens is 1. The molecule has 35 heavy (non-hydrogen) atoms. The van der Waals surface area contributed by atoms with Crippen LogP contribution < -0.4 is 16.2 Å². The lowest BCUT2D eigenvalue weighted by atomic mass is 10.2. The Morgan fingerprint density at radius 3 is 2.71 bits per heavy atom. The highest BCUT2D eigenvalue weighted by Crippen LogP contribution is 2.21. The molecule has 2 aromatic heterocycles. The van der Waals surface area contributed by atoms with Crippen LogP contribution in [-0.4, -0.2) is 44.3 Å². The number of rotatable bonds is 11. The molecule has 0 bridgehead atoms. The van der Waals surface area contributed by atoms with Gasteiger partial charge in [0.2, 0.25) is 17.6 Å². The molecular formula is C23H23N7O5. The van der Waals surface area contributed by atoms with Gasteiger partial charge in [-0.25, -0.2) is 5.10 Å². The number of hydrogen-bond donors (Lipinski definition) is 3. The average Bonchev–Trinajstić information content (AvgIpc) is 3.35. The Balaban J connectivity index is 1.16. The molecule has 2 heterocycles. The number of hydrogen-bond acceptors (Lipinski definition) is 9. The molecule has 0 aliphatic heterocycles. The summed E-state index contributed by atoms with van der Waals surface area (Å²) in [5.74, 6) is 1.00. The third kappa shape index (κ3) is 6.05. The predicted molar refractivity (Wildman–Crippen MR) is 128 cm³/mol. The van der Waals surface area contributed by atoms with Gasteiger partial charge in [-0.2, -0.15) is 10.1 Å². The molecule has 0 atom stereocenters. The number of carbonyl (C=O) groups excluding carboxylic acids is 1. The SMILES string of the molecule is O=C(CCc1nc(-c2cccc([N+](=O)[O-])c2)no1)NCCCCNc1n[nH]c(=O)c2ccccc12. The maximum Gasteiger partial charge on any atom is 0.272 e. The van der Waals surface area contributed by atoms with Gasteiger partial charge in [0.15, 0.2) is 5.82 Å². The minimum atomic E-state index is -0.493. The number of benzene rings is 2. The number of fused-ring (bicyclic) bond motifs is 1. The van der Waals surface area contributed by atoms with Crippen molar-refractivity contribution < 1.29 is 14.2 Å². The largest absolute Gasteiger partial charge is 0.368 e. The van der Waals surface area contributed by atoms with Crippen LogP contribution in [0, 0.1) is 10.1 Å². The van der Waals surface area contributed by atoms with Gasteiger partial charge in [0.1, 0.15) is 0 Å². The number of aryl methyl sites for hydroxylation is 1. The van der Waals surface area contributed by atoms with Gasteiger partial charge >= 0.3 is 0 Å². The van der Waals surface area contributed by atoms with Crippen molar-refractivity contribution in [3.63, 3.8) is 0 Å². The first-order valence-electron chi connectivity index (χ1n) is 11.1. The summed E-state index contributed by atoms with van der Waals surface area (Å²) < 4.78 is 5.16. The van der Waals surface area contributed by atoms with Crippen molar-refractivity contribution in [2.75, 3.05) is 18.4 Å². The number of non-ortho nitro benzene ring substituents is 1. The van der Waals surface area contributed by atoms with Crippen LogP contribution in [0.15, 0.2) is 57.8 Å². The van der Waals surface area contributed by atoms with Crippen LogP contribution in [0.2, 0.25) is 0 Å². The second-order valence-corrected chi connectivity index (χ2v) is 7.75. The van der Waals surface area contributed by atoms with Crippen molar-refractivity contribution in [1.82, 2.24) is 25.7 Å². The van der Waals surface area contributed by atoms with E-state index in [-0.39, 0.29) is 41.7 Å². The van der Waals surface area contributed by atoms with E-state index in [2.05, 4.69) is 31.0 Å². The van der Waals surface area contributed by atoms with Crippen LogP contribution in [-0.2, 0) is 11.2 Å². The Morgan fingerprint density at radius 2 is 1.89 bits per heavy atom. The molecule has 3 N–H and O–H groups in total. The number of unbranched alkanes of at least 4 members (excludes halogenated alkanes) is 1. The van der Waals surface area contributed by atoms with Gasteiger partial charge in [0.05, 0.1) is 10.3 Å². The maximum absolute atomic E-state index is 12.1. The van der Waals surface area contributed by atoms with Crippen molar-refractivity contribution >= 4 is 28.2 Å². The fourth-order valence-electron chi connectivity index (χ4n) is 3.48. The van der Waals surface area contributed by atoms with Gasteiger partial charge in [0, 0.05) is 49.0 Å². The normalized spacial score (nSPS) is 10.9. The number of anilines is 1. The second-order valence-electron chi connectivity index (χ2n) is 7.75. The molecule has 2 aromatic carbocycles. The van der Waals surface area contributed by atoms with Gasteiger partial charge in [-0.05, 0) is 18.9 Å². The number of nitro groups is 1.